The van der Waals surface area contributed by atoms with Crippen molar-refractivity contribution >= 4 is 5.97 Å². The van der Waals surface area contributed by atoms with Crippen molar-refractivity contribution in [3.8, 4) is 0 Å². The molecule has 0 radical (unpaired) electrons. The van der Waals surface area contributed by atoms with E-state index in [0.29, 0.717) is 6.42 Å². The minimum atomic E-state index is -0.605. The van der Waals surface area contributed by atoms with Gasteiger partial charge in [0, 0.05) is 18.4 Å². The number of nitrogens with one attached hydrogen (secondary N) is 1. The molecule has 1 saturated heterocycles. The molecule has 1 aromatic rings. The third kappa shape index (κ3) is 2.91. The van der Waals surface area contributed by atoms with Gasteiger partial charge in [-0.25, -0.2) is 0 Å². The number of hydrogen-bond acceptors (Lipinski definition) is 3. The van der Waals surface area contributed by atoms with Crippen molar-refractivity contribution in [1.29, 1.82) is 0 Å². The molecule has 0 saturated carbocycles. The number of esters is 1. The zero-order valence-electron chi connectivity index (χ0n) is 10.9. The number of rotatable bonds is 4. The van der Waals surface area contributed by atoms with Crippen LogP contribution in [0.5, 0.6) is 0 Å². The van der Waals surface area contributed by atoms with Crippen molar-refractivity contribution in [1.82, 2.24) is 5.32 Å². The lowest BCUT2D eigenvalue weighted by Gasteiger charge is -2.38. The summed E-state index contributed by atoms with van der Waals surface area (Å²) in [4.78, 5) is 11.8. The van der Waals surface area contributed by atoms with E-state index < -0.39 is 5.72 Å². The average molecular weight is 247 g/mol. The molecule has 98 valence electrons. The molecule has 2 rings (SSSR count). The molecule has 1 atom stereocenters. The number of piperidine rings is 1. The van der Waals surface area contributed by atoms with Gasteiger partial charge in [0.25, 0.3) is 0 Å². The Morgan fingerprint density at radius 3 is 2.72 bits per heavy atom. The van der Waals surface area contributed by atoms with Crippen molar-refractivity contribution in [2.24, 2.45) is 0 Å². The number of carbonyl (C=O) groups excluding carboxylic acids is 1. The predicted octanol–water partition coefficient (Wildman–Crippen LogP) is 2.96. The fraction of sp³-hybridized carbons (Fsp3) is 0.533. The molecule has 0 amide bonds. The highest BCUT2D eigenvalue weighted by atomic mass is 16.6. The molecule has 1 fully saturated rings. The fourth-order valence-corrected chi connectivity index (χ4v) is 2.43. The van der Waals surface area contributed by atoms with E-state index in [2.05, 4.69) is 5.32 Å². The summed E-state index contributed by atoms with van der Waals surface area (Å²) in [5, 5.41) is 3.40. The van der Waals surface area contributed by atoms with E-state index in [-0.39, 0.29) is 5.97 Å². The third-order valence-electron chi connectivity index (χ3n) is 3.35. The lowest BCUT2D eigenvalue weighted by molar-refractivity contribution is -0.168. The van der Waals surface area contributed by atoms with Crippen LogP contribution in [0.1, 0.15) is 44.6 Å². The molecular weight excluding hydrogens is 226 g/mol. The molecule has 1 N–H and O–H groups in total. The molecule has 3 nitrogen and oxygen atoms in total. The van der Waals surface area contributed by atoms with Gasteiger partial charge in [-0.1, -0.05) is 37.3 Å². The normalized spacial score (nSPS) is 23.6. The quantitative estimate of drug-likeness (QED) is 0.831. The number of hydrogen-bond donors (Lipinski definition) is 1. The lowest BCUT2D eigenvalue weighted by Crippen LogP contribution is -2.49. The Hall–Kier alpha value is -1.35. The highest BCUT2D eigenvalue weighted by Crippen LogP contribution is 2.32. The Bertz CT molecular complexity index is 383. The first kappa shape index (κ1) is 13.1. The summed E-state index contributed by atoms with van der Waals surface area (Å²) in [6.07, 6.45) is 4.38. The Morgan fingerprint density at radius 1 is 1.33 bits per heavy atom. The molecule has 0 bridgehead atoms. The minimum absolute atomic E-state index is 0.115. The van der Waals surface area contributed by atoms with E-state index in [1.807, 2.05) is 37.3 Å². The van der Waals surface area contributed by atoms with E-state index in [1.165, 1.54) is 0 Å². The molecule has 18 heavy (non-hydrogen) atoms. The van der Waals surface area contributed by atoms with Gasteiger partial charge < -0.3 is 4.74 Å². The Balaban J connectivity index is 2.20. The molecule has 0 aromatic heterocycles. The second-order valence-corrected chi connectivity index (χ2v) is 4.80. The van der Waals surface area contributed by atoms with Crippen molar-refractivity contribution in [3.05, 3.63) is 35.9 Å². The van der Waals surface area contributed by atoms with Crippen LogP contribution in [0.15, 0.2) is 30.3 Å². The molecule has 3 heteroatoms. The molecule has 0 aliphatic carbocycles. The van der Waals surface area contributed by atoms with Crippen LogP contribution in [0.2, 0.25) is 0 Å². The first-order chi connectivity index (χ1) is 8.77. The van der Waals surface area contributed by atoms with Crippen LogP contribution in [-0.4, -0.2) is 12.5 Å². The van der Waals surface area contributed by atoms with Gasteiger partial charge in [-0.3, -0.25) is 10.1 Å². The lowest BCUT2D eigenvalue weighted by atomic mass is 9.93. The van der Waals surface area contributed by atoms with E-state index in [0.717, 1.165) is 37.8 Å². The molecule has 1 heterocycles. The summed E-state index contributed by atoms with van der Waals surface area (Å²) in [7, 11) is 0. The largest absolute Gasteiger partial charge is 0.440 e. The summed E-state index contributed by atoms with van der Waals surface area (Å²) in [6, 6.07) is 10.0. The topological polar surface area (TPSA) is 38.3 Å². The Kier molecular flexibility index (Phi) is 4.37. The average Bonchev–Trinajstić information content (AvgIpc) is 2.41. The summed E-state index contributed by atoms with van der Waals surface area (Å²) >= 11 is 0. The van der Waals surface area contributed by atoms with E-state index in [9.17, 15) is 4.79 Å². The van der Waals surface area contributed by atoms with E-state index >= 15 is 0 Å². The van der Waals surface area contributed by atoms with Crippen LogP contribution >= 0.6 is 0 Å². The van der Waals surface area contributed by atoms with Gasteiger partial charge in [0.05, 0.1) is 0 Å². The Morgan fingerprint density at radius 2 is 2.11 bits per heavy atom. The monoisotopic (exact) mass is 247 g/mol. The fourth-order valence-electron chi connectivity index (χ4n) is 2.43. The molecule has 1 aliphatic heterocycles. The van der Waals surface area contributed by atoms with Crippen LogP contribution in [0.3, 0.4) is 0 Å². The molecular formula is C15H21NO2. The molecule has 1 unspecified atom stereocenters. The predicted molar refractivity (Wildman–Crippen MR) is 71.0 cm³/mol. The maximum Gasteiger partial charge on any atom is 0.307 e. The summed E-state index contributed by atoms with van der Waals surface area (Å²) < 4.78 is 5.76. The second kappa shape index (κ2) is 6.01. The zero-order chi connectivity index (χ0) is 12.8. The number of benzene rings is 1. The minimum Gasteiger partial charge on any atom is -0.440 e. The highest BCUT2D eigenvalue weighted by molar-refractivity contribution is 5.70. The van der Waals surface area contributed by atoms with E-state index in [4.69, 9.17) is 4.74 Å². The van der Waals surface area contributed by atoms with Gasteiger partial charge in [-0.2, -0.15) is 0 Å². The highest BCUT2D eigenvalue weighted by Gasteiger charge is 2.37. The van der Waals surface area contributed by atoms with Crippen molar-refractivity contribution < 1.29 is 9.53 Å². The van der Waals surface area contributed by atoms with Gasteiger partial charge >= 0.3 is 5.97 Å². The van der Waals surface area contributed by atoms with Crippen molar-refractivity contribution in [2.45, 2.75) is 44.8 Å². The van der Waals surface area contributed by atoms with Crippen LogP contribution < -0.4 is 5.32 Å². The number of ether oxygens (including phenoxy) is 1. The summed E-state index contributed by atoms with van der Waals surface area (Å²) in [5.41, 5.74) is 0.445. The Labute approximate surface area is 109 Å². The second-order valence-electron chi connectivity index (χ2n) is 4.80. The zero-order valence-corrected chi connectivity index (χ0v) is 10.9. The first-order valence-corrected chi connectivity index (χ1v) is 6.79. The maximum atomic E-state index is 11.8. The van der Waals surface area contributed by atoms with Gasteiger partial charge in [0.1, 0.15) is 0 Å². The van der Waals surface area contributed by atoms with Crippen molar-refractivity contribution in [2.75, 3.05) is 6.54 Å². The van der Waals surface area contributed by atoms with Crippen LogP contribution in [0.25, 0.3) is 0 Å². The summed E-state index contributed by atoms with van der Waals surface area (Å²) in [6.45, 7) is 2.89. The molecule has 0 spiro atoms. The van der Waals surface area contributed by atoms with Crippen LogP contribution in [-0.2, 0) is 15.3 Å². The molecule has 1 aromatic carbocycles. The summed E-state index contributed by atoms with van der Waals surface area (Å²) in [5.74, 6) is -0.115. The third-order valence-corrected chi connectivity index (χ3v) is 3.35. The van der Waals surface area contributed by atoms with Crippen LogP contribution in [0, 0.1) is 0 Å². The SMILES string of the molecule is CCCC(=O)OC1(c2ccccc2)CCCCN1. The molecule has 1 aliphatic rings. The van der Waals surface area contributed by atoms with Gasteiger partial charge in [0.2, 0.25) is 0 Å². The smallest absolute Gasteiger partial charge is 0.307 e. The van der Waals surface area contributed by atoms with Gasteiger partial charge in [0.15, 0.2) is 5.72 Å². The standard InChI is InChI=1S/C15H21NO2/c1-2-8-14(17)18-15(11-6-7-12-16-15)13-9-4-3-5-10-13/h3-5,9-10,16H,2,6-8,11-12H2,1H3. The first-order valence-electron chi connectivity index (χ1n) is 6.79. The van der Waals surface area contributed by atoms with Gasteiger partial charge in [-0.15, -0.1) is 0 Å². The van der Waals surface area contributed by atoms with E-state index in [1.54, 1.807) is 0 Å². The van der Waals surface area contributed by atoms with Crippen LogP contribution in [0.4, 0.5) is 0 Å². The van der Waals surface area contributed by atoms with Crippen molar-refractivity contribution in [3.63, 3.8) is 0 Å². The maximum absolute atomic E-state index is 11.8. The van der Waals surface area contributed by atoms with Gasteiger partial charge in [-0.05, 0) is 25.8 Å². The number of carbonyl (C=O) groups is 1.